The molecule has 0 fully saturated rings. The molecule has 0 aliphatic rings. The molecular formula is C25H23N7O4. The summed E-state index contributed by atoms with van der Waals surface area (Å²) in [4.78, 5) is 32.8. The van der Waals surface area contributed by atoms with Crippen LogP contribution in [0.1, 0.15) is 11.3 Å². The van der Waals surface area contributed by atoms with Crippen molar-refractivity contribution in [1.29, 1.82) is 0 Å². The number of benzene rings is 2. The Hall–Kier alpha value is -4.93. The number of aromatic nitrogens is 6. The molecule has 182 valence electrons. The van der Waals surface area contributed by atoms with Gasteiger partial charge in [-0.1, -0.05) is 29.8 Å². The summed E-state index contributed by atoms with van der Waals surface area (Å²) in [6.45, 7) is 3.50. The molecule has 11 heteroatoms. The van der Waals surface area contributed by atoms with E-state index in [0.29, 0.717) is 34.0 Å². The fourth-order valence-electron chi connectivity index (χ4n) is 3.69. The van der Waals surface area contributed by atoms with Crippen LogP contribution < -0.4 is 20.3 Å². The number of carbonyl (C=O) groups is 1. The summed E-state index contributed by atoms with van der Waals surface area (Å²) in [5, 5.41) is 11.8. The number of methoxy groups -OCH3 is 1. The standard InChI is InChI=1S/C25H23N7O4/c1-15-8-10-17(11-9-15)31-23-18(13-26-31)24(34)29-25(28-23)32-21(12-16(2)30-32)27-22(33)14-36-20-7-5-4-6-19(20)35-3/h4-13H,14H2,1-3H3,(H,27,33)(H,28,29,34). The highest BCUT2D eigenvalue weighted by Crippen LogP contribution is 2.25. The number of nitrogens with zero attached hydrogens (tertiary/aromatic N) is 5. The molecule has 0 bridgehead atoms. The summed E-state index contributed by atoms with van der Waals surface area (Å²) < 4.78 is 13.8. The SMILES string of the molecule is COc1ccccc1OCC(=O)Nc1cc(C)nn1-c1nc2c(cnn2-c2ccc(C)cc2)c(=O)[nH]1. The van der Waals surface area contributed by atoms with Gasteiger partial charge < -0.3 is 14.8 Å². The highest BCUT2D eigenvalue weighted by molar-refractivity contribution is 5.91. The lowest BCUT2D eigenvalue weighted by molar-refractivity contribution is -0.118. The maximum absolute atomic E-state index is 12.8. The molecule has 0 saturated heterocycles. The second-order valence-electron chi connectivity index (χ2n) is 8.09. The van der Waals surface area contributed by atoms with Crippen molar-refractivity contribution in [1.82, 2.24) is 29.5 Å². The average molecular weight is 486 g/mol. The van der Waals surface area contributed by atoms with Gasteiger partial charge in [0.25, 0.3) is 11.5 Å². The zero-order valence-corrected chi connectivity index (χ0v) is 19.8. The van der Waals surface area contributed by atoms with Crippen LogP contribution in [0.3, 0.4) is 0 Å². The van der Waals surface area contributed by atoms with Crippen molar-refractivity contribution in [2.24, 2.45) is 0 Å². The molecule has 0 spiro atoms. The van der Waals surface area contributed by atoms with Gasteiger partial charge >= 0.3 is 0 Å². The molecule has 11 nitrogen and oxygen atoms in total. The van der Waals surface area contributed by atoms with E-state index in [-0.39, 0.29) is 18.1 Å². The second kappa shape index (κ2) is 9.37. The van der Waals surface area contributed by atoms with E-state index < -0.39 is 5.91 Å². The Bertz CT molecular complexity index is 1620. The van der Waals surface area contributed by atoms with Gasteiger partial charge in [0.1, 0.15) is 11.2 Å². The van der Waals surface area contributed by atoms with E-state index in [1.807, 2.05) is 37.3 Å². The number of nitrogens with one attached hydrogen (secondary N) is 2. The lowest BCUT2D eigenvalue weighted by Crippen LogP contribution is -2.23. The monoisotopic (exact) mass is 485 g/mol. The van der Waals surface area contributed by atoms with Crippen LogP contribution in [0, 0.1) is 13.8 Å². The minimum atomic E-state index is -0.421. The number of aromatic amines is 1. The number of amides is 1. The number of carbonyl (C=O) groups excluding carboxylic acids is 1. The van der Waals surface area contributed by atoms with Crippen molar-refractivity contribution in [3.05, 3.63) is 82.4 Å². The molecule has 5 rings (SSSR count). The predicted octanol–water partition coefficient (Wildman–Crippen LogP) is 2.94. The number of ether oxygens (including phenoxy) is 2. The first kappa shape index (κ1) is 22.8. The van der Waals surface area contributed by atoms with E-state index in [1.165, 1.54) is 18.0 Å². The van der Waals surface area contributed by atoms with Crippen LogP contribution in [-0.2, 0) is 4.79 Å². The lowest BCUT2D eigenvalue weighted by Gasteiger charge is -2.11. The van der Waals surface area contributed by atoms with E-state index in [0.717, 1.165) is 11.3 Å². The third-order valence-corrected chi connectivity index (χ3v) is 5.43. The van der Waals surface area contributed by atoms with Crippen LogP contribution in [0.5, 0.6) is 11.5 Å². The van der Waals surface area contributed by atoms with Crippen LogP contribution in [0.2, 0.25) is 0 Å². The summed E-state index contributed by atoms with van der Waals surface area (Å²) in [6, 6.07) is 16.4. The summed E-state index contributed by atoms with van der Waals surface area (Å²) in [5.74, 6) is 1.00. The van der Waals surface area contributed by atoms with E-state index in [4.69, 9.17) is 9.47 Å². The van der Waals surface area contributed by atoms with Crippen molar-refractivity contribution >= 4 is 22.8 Å². The van der Waals surface area contributed by atoms with Crippen LogP contribution in [0.4, 0.5) is 5.82 Å². The van der Waals surface area contributed by atoms with Crippen molar-refractivity contribution in [3.8, 4) is 23.1 Å². The number of hydrogen-bond acceptors (Lipinski definition) is 7. The van der Waals surface area contributed by atoms with Gasteiger partial charge in [-0.2, -0.15) is 19.9 Å². The fraction of sp³-hybridized carbons (Fsp3) is 0.160. The maximum Gasteiger partial charge on any atom is 0.263 e. The molecule has 0 unspecified atom stereocenters. The molecule has 0 aliphatic carbocycles. The smallest absolute Gasteiger partial charge is 0.263 e. The van der Waals surface area contributed by atoms with Crippen molar-refractivity contribution < 1.29 is 14.3 Å². The van der Waals surface area contributed by atoms with Gasteiger partial charge in [0.05, 0.1) is 24.7 Å². The number of anilines is 1. The minimum Gasteiger partial charge on any atom is -0.493 e. The Labute approximate surface area is 205 Å². The molecule has 5 aromatic rings. The van der Waals surface area contributed by atoms with Gasteiger partial charge in [0, 0.05) is 6.07 Å². The average Bonchev–Trinajstić information content (AvgIpc) is 3.47. The first-order valence-corrected chi connectivity index (χ1v) is 11.1. The van der Waals surface area contributed by atoms with Crippen LogP contribution in [-0.4, -0.2) is 49.2 Å². The van der Waals surface area contributed by atoms with E-state index in [1.54, 1.807) is 35.9 Å². The molecule has 3 aromatic heterocycles. The number of aryl methyl sites for hydroxylation is 2. The molecule has 0 aliphatic heterocycles. The minimum absolute atomic E-state index is 0.135. The Kier molecular flexibility index (Phi) is 5.95. The molecule has 0 radical (unpaired) electrons. The van der Waals surface area contributed by atoms with E-state index in [9.17, 15) is 9.59 Å². The van der Waals surface area contributed by atoms with Gasteiger partial charge in [-0.25, -0.2) is 4.68 Å². The molecule has 2 aromatic carbocycles. The molecular weight excluding hydrogens is 462 g/mol. The Morgan fingerprint density at radius 1 is 1.06 bits per heavy atom. The van der Waals surface area contributed by atoms with Gasteiger partial charge in [-0.3, -0.25) is 14.6 Å². The zero-order chi connectivity index (χ0) is 25.2. The highest BCUT2D eigenvalue weighted by atomic mass is 16.5. The third kappa shape index (κ3) is 4.41. The van der Waals surface area contributed by atoms with Gasteiger partial charge in [-0.05, 0) is 38.1 Å². The Morgan fingerprint density at radius 3 is 2.56 bits per heavy atom. The van der Waals surface area contributed by atoms with E-state index in [2.05, 4.69) is 25.5 Å². The number of rotatable bonds is 7. The van der Waals surface area contributed by atoms with Crippen molar-refractivity contribution in [2.45, 2.75) is 13.8 Å². The maximum atomic E-state index is 12.8. The highest BCUT2D eigenvalue weighted by Gasteiger charge is 2.17. The summed E-state index contributed by atoms with van der Waals surface area (Å²) in [7, 11) is 1.53. The molecule has 0 saturated carbocycles. The quantitative estimate of drug-likeness (QED) is 0.363. The molecule has 36 heavy (non-hydrogen) atoms. The fourth-order valence-corrected chi connectivity index (χ4v) is 3.69. The van der Waals surface area contributed by atoms with Gasteiger partial charge in [0.15, 0.2) is 23.8 Å². The van der Waals surface area contributed by atoms with Crippen molar-refractivity contribution in [3.63, 3.8) is 0 Å². The Morgan fingerprint density at radius 2 is 1.81 bits per heavy atom. The molecule has 1 amide bonds. The summed E-state index contributed by atoms with van der Waals surface area (Å²) >= 11 is 0. The van der Waals surface area contributed by atoms with Gasteiger partial charge in [0.2, 0.25) is 5.95 Å². The number of hydrogen-bond donors (Lipinski definition) is 2. The second-order valence-corrected chi connectivity index (χ2v) is 8.09. The third-order valence-electron chi connectivity index (χ3n) is 5.43. The molecule has 2 N–H and O–H groups in total. The van der Waals surface area contributed by atoms with Gasteiger partial charge in [-0.15, -0.1) is 0 Å². The van der Waals surface area contributed by atoms with Crippen LogP contribution in [0.15, 0.2) is 65.6 Å². The Balaban J connectivity index is 1.44. The van der Waals surface area contributed by atoms with E-state index >= 15 is 0 Å². The first-order chi connectivity index (χ1) is 17.4. The zero-order valence-electron chi connectivity index (χ0n) is 19.8. The van der Waals surface area contributed by atoms with Crippen molar-refractivity contribution in [2.75, 3.05) is 19.0 Å². The lowest BCUT2D eigenvalue weighted by atomic mass is 10.2. The van der Waals surface area contributed by atoms with Crippen LogP contribution in [0.25, 0.3) is 22.7 Å². The largest absolute Gasteiger partial charge is 0.493 e. The number of H-pyrrole nitrogens is 1. The molecule has 3 heterocycles. The normalized spacial score (nSPS) is 11.0. The van der Waals surface area contributed by atoms with Crippen LogP contribution >= 0.6 is 0 Å². The summed E-state index contributed by atoms with van der Waals surface area (Å²) in [6.07, 6.45) is 1.47. The number of fused-ring (bicyclic) bond motifs is 1. The first-order valence-electron chi connectivity index (χ1n) is 11.1. The topological polar surface area (TPSA) is 129 Å². The predicted molar refractivity (Wildman–Crippen MR) is 133 cm³/mol. The number of para-hydroxylation sites is 2. The molecule has 0 atom stereocenters. The summed E-state index contributed by atoms with van der Waals surface area (Å²) in [5.41, 5.74) is 2.47.